The SMILES string of the molecule is C=C(C)N(C(=O)CNC1=NCCC=C1C(=N)C(C)=O)C(C)C(=O)O. The Morgan fingerprint density at radius 3 is 2.58 bits per heavy atom. The highest BCUT2D eigenvalue weighted by Crippen LogP contribution is 2.10. The quantitative estimate of drug-likeness (QED) is 0.593. The first-order valence-electron chi connectivity index (χ1n) is 7.45. The molecule has 1 amide bonds. The van der Waals surface area contributed by atoms with E-state index in [2.05, 4.69) is 16.9 Å². The van der Waals surface area contributed by atoms with Crippen molar-refractivity contribution in [2.45, 2.75) is 33.2 Å². The highest BCUT2D eigenvalue weighted by molar-refractivity contribution is 6.50. The van der Waals surface area contributed by atoms with Gasteiger partial charge in [-0.25, -0.2) is 4.79 Å². The highest BCUT2D eigenvalue weighted by atomic mass is 16.4. The zero-order chi connectivity index (χ0) is 18.4. The lowest BCUT2D eigenvalue weighted by Crippen LogP contribution is -2.47. The van der Waals surface area contributed by atoms with Gasteiger partial charge in [-0.15, -0.1) is 0 Å². The monoisotopic (exact) mass is 334 g/mol. The summed E-state index contributed by atoms with van der Waals surface area (Å²) in [5, 5.41) is 19.7. The van der Waals surface area contributed by atoms with Gasteiger partial charge in [-0.1, -0.05) is 12.7 Å². The van der Waals surface area contributed by atoms with E-state index in [4.69, 9.17) is 10.5 Å². The second kappa shape index (κ2) is 8.19. The topological polar surface area (TPSA) is 123 Å². The van der Waals surface area contributed by atoms with E-state index in [0.29, 0.717) is 30.1 Å². The van der Waals surface area contributed by atoms with Gasteiger partial charge in [-0.2, -0.15) is 0 Å². The minimum absolute atomic E-state index is 0.177. The average Bonchev–Trinajstić information content (AvgIpc) is 2.51. The Labute approximate surface area is 140 Å². The van der Waals surface area contributed by atoms with Gasteiger partial charge in [0.15, 0.2) is 5.78 Å². The number of Topliss-reactive ketones (excluding diaryl/α,β-unsaturated/α-hetero) is 1. The number of allylic oxidation sites excluding steroid dienone is 1. The molecule has 0 aromatic carbocycles. The summed E-state index contributed by atoms with van der Waals surface area (Å²) in [6.07, 6.45) is 2.33. The van der Waals surface area contributed by atoms with Crippen molar-refractivity contribution in [3.05, 3.63) is 23.9 Å². The van der Waals surface area contributed by atoms with Crippen molar-refractivity contribution in [1.82, 2.24) is 10.2 Å². The number of rotatable bonds is 7. The molecule has 0 fully saturated rings. The summed E-state index contributed by atoms with van der Waals surface area (Å²) in [6, 6.07) is -1.05. The van der Waals surface area contributed by atoms with E-state index in [1.807, 2.05) is 0 Å². The average molecular weight is 334 g/mol. The normalized spacial score (nSPS) is 14.8. The smallest absolute Gasteiger partial charge is 0.326 e. The summed E-state index contributed by atoms with van der Waals surface area (Å²) in [6.45, 7) is 8.14. The Hall–Kier alpha value is -2.77. The number of carboxylic acids is 1. The van der Waals surface area contributed by atoms with Crippen LogP contribution in [0.1, 0.15) is 27.2 Å². The van der Waals surface area contributed by atoms with Gasteiger partial charge in [0.25, 0.3) is 0 Å². The van der Waals surface area contributed by atoms with Crippen molar-refractivity contribution in [2.75, 3.05) is 13.1 Å². The van der Waals surface area contributed by atoms with Gasteiger partial charge in [-0.3, -0.25) is 20.0 Å². The van der Waals surface area contributed by atoms with E-state index in [0.717, 1.165) is 4.90 Å². The Morgan fingerprint density at radius 1 is 1.46 bits per heavy atom. The van der Waals surface area contributed by atoms with Crippen molar-refractivity contribution < 1.29 is 19.5 Å². The third-order valence-electron chi connectivity index (χ3n) is 3.46. The molecule has 24 heavy (non-hydrogen) atoms. The number of aliphatic imine (C=N–C) groups is 1. The molecule has 0 saturated heterocycles. The van der Waals surface area contributed by atoms with Gasteiger partial charge in [0.05, 0.1) is 6.54 Å². The number of carbonyl (C=O) groups is 3. The van der Waals surface area contributed by atoms with Gasteiger partial charge in [-0.05, 0) is 20.3 Å². The number of aliphatic carboxylic acids is 1. The summed E-state index contributed by atoms with van der Waals surface area (Å²) in [7, 11) is 0. The van der Waals surface area contributed by atoms with Crippen LogP contribution in [0.5, 0.6) is 0 Å². The van der Waals surface area contributed by atoms with Crippen LogP contribution in [0, 0.1) is 5.41 Å². The molecule has 0 spiro atoms. The zero-order valence-electron chi connectivity index (χ0n) is 14.0. The second-order valence-electron chi connectivity index (χ2n) is 5.43. The second-order valence-corrected chi connectivity index (χ2v) is 5.43. The molecule has 1 unspecified atom stereocenters. The van der Waals surface area contributed by atoms with E-state index in [1.165, 1.54) is 13.8 Å². The van der Waals surface area contributed by atoms with E-state index in [1.54, 1.807) is 13.0 Å². The maximum atomic E-state index is 12.3. The number of amidine groups is 1. The Kier molecular flexibility index (Phi) is 6.58. The van der Waals surface area contributed by atoms with Crippen LogP contribution < -0.4 is 5.32 Å². The third kappa shape index (κ3) is 4.61. The van der Waals surface area contributed by atoms with Gasteiger partial charge >= 0.3 is 5.97 Å². The van der Waals surface area contributed by atoms with Crippen LogP contribution in [-0.4, -0.2) is 58.3 Å². The van der Waals surface area contributed by atoms with Crippen LogP contribution in [0.4, 0.5) is 0 Å². The van der Waals surface area contributed by atoms with Crippen molar-refractivity contribution in [1.29, 1.82) is 5.41 Å². The highest BCUT2D eigenvalue weighted by Gasteiger charge is 2.27. The van der Waals surface area contributed by atoms with E-state index in [9.17, 15) is 14.4 Å². The molecule has 0 aliphatic carbocycles. The number of ketones is 1. The molecular weight excluding hydrogens is 312 g/mol. The van der Waals surface area contributed by atoms with Crippen LogP contribution in [0.2, 0.25) is 0 Å². The molecule has 0 aromatic heterocycles. The number of dihydropyridines is 1. The Bertz CT molecular complexity index is 648. The van der Waals surface area contributed by atoms with Crippen LogP contribution in [0.25, 0.3) is 0 Å². The largest absolute Gasteiger partial charge is 0.480 e. The predicted octanol–water partition coefficient (Wildman–Crippen LogP) is 0.749. The van der Waals surface area contributed by atoms with Crippen LogP contribution in [0.3, 0.4) is 0 Å². The number of nitrogens with one attached hydrogen (secondary N) is 2. The van der Waals surface area contributed by atoms with Crippen LogP contribution in [-0.2, 0) is 14.4 Å². The van der Waals surface area contributed by atoms with Crippen molar-refractivity contribution in [3.63, 3.8) is 0 Å². The summed E-state index contributed by atoms with van der Waals surface area (Å²) in [4.78, 5) is 40.1. The number of amides is 1. The molecule has 0 radical (unpaired) electrons. The van der Waals surface area contributed by atoms with Gasteiger partial charge in [0.2, 0.25) is 5.91 Å². The first-order chi connectivity index (χ1) is 11.2. The molecule has 130 valence electrons. The van der Waals surface area contributed by atoms with E-state index in [-0.39, 0.29) is 12.3 Å². The molecule has 8 nitrogen and oxygen atoms in total. The van der Waals surface area contributed by atoms with E-state index < -0.39 is 23.7 Å². The van der Waals surface area contributed by atoms with Gasteiger partial charge in [0.1, 0.15) is 17.6 Å². The molecule has 0 aromatic rings. The van der Waals surface area contributed by atoms with Crippen molar-refractivity contribution >= 4 is 29.2 Å². The van der Waals surface area contributed by atoms with E-state index >= 15 is 0 Å². The molecule has 1 rings (SSSR count). The summed E-state index contributed by atoms with van der Waals surface area (Å²) < 4.78 is 0. The van der Waals surface area contributed by atoms with Crippen molar-refractivity contribution in [2.24, 2.45) is 4.99 Å². The lowest BCUT2D eigenvalue weighted by atomic mass is 10.0. The fraction of sp³-hybridized carbons (Fsp3) is 0.438. The lowest BCUT2D eigenvalue weighted by Gasteiger charge is -2.27. The zero-order valence-corrected chi connectivity index (χ0v) is 14.0. The minimum atomic E-state index is -1.14. The Balaban J connectivity index is 2.84. The lowest BCUT2D eigenvalue weighted by molar-refractivity contribution is -0.147. The molecule has 1 aliphatic rings. The molecule has 3 N–H and O–H groups in total. The molecule has 1 aliphatic heterocycles. The molecule has 0 saturated carbocycles. The number of carbonyl (C=O) groups excluding carboxylic acids is 2. The fourth-order valence-corrected chi connectivity index (χ4v) is 2.24. The summed E-state index contributed by atoms with van der Waals surface area (Å²) in [5.74, 6) is -1.73. The fourth-order valence-electron chi connectivity index (χ4n) is 2.24. The molecule has 0 bridgehead atoms. The number of hydrogen-bond acceptors (Lipinski definition) is 6. The summed E-state index contributed by atoms with van der Waals surface area (Å²) >= 11 is 0. The first-order valence-corrected chi connectivity index (χ1v) is 7.45. The molecular formula is C16H22N4O4. The number of hydrogen-bond donors (Lipinski definition) is 3. The Morgan fingerprint density at radius 2 is 2.08 bits per heavy atom. The predicted molar refractivity (Wildman–Crippen MR) is 90.2 cm³/mol. The third-order valence-corrected chi connectivity index (χ3v) is 3.46. The van der Waals surface area contributed by atoms with Crippen LogP contribution in [0.15, 0.2) is 28.9 Å². The minimum Gasteiger partial charge on any atom is -0.480 e. The number of carboxylic acid groups (broad SMARTS) is 1. The number of nitrogens with zero attached hydrogens (tertiary/aromatic N) is 2. The van der Waals surface area contributed by atoms with Crippen molar-refractivity contribution in [3.8, 4) is 0 Å². The molecule has 1 heterocycles. The maximum Gasteiger partial charge on any atom is 0.326 e. The standard InChI is InChI=1S/C16H22N4O4/c1-9(2)20(10(3)16(23)24)13(22)8-19-15-12(6-5-7-18-15)14(17)11(4)21/h6,10,17H,1,5,7-8H2,2-4H3,(H,18,19)(H,23,24). The molecule has 1 atom stereocenters. The summed E-state index contributed by atoms with van der Waals surface area (Å²) in [5.41, 5.74) is 0.494. The van der Waals surface area contributed by atoms with Crippen LogP contribution >= 0.6 is 0 Å². The first kappa shape index (κ1) is 19.3. The maximum absolute atomic E-state index is 12.3. The van der Waals surface area contributed by atoms with Gasteiger partial charge in [0, 0.05) is 24.7 Å². The molecule has 8 heteroatoms. The van der Waals surface area contributed by atoms with Gasteiger partial charge < -0.3 is 15.3 Å².